The van der Waals surface area contributed by atoms with Gasteiger partial charge in [-0.15, -0.1) is 0 Å². The number of rotatable bonds is 0. The van der Waals surface area contributed by atoms with Crippen molar-refractivity contribution >= 4 is 0 Å². The van der Waals surface area contributed by atoms with Crippen LogP contribution in [0.5, 0.6) is 0 Å². The molecule has 1 N–H and O–H groups in total. The van der Waals surface area contributed by atoms with Crippen molar-refractivity contribution in [2.45, 2.75) is 25.3 Å². The molecule has 2 rings (SSSR count). The fourth-order valence-electron chi connectivity index (χ4n) is 1.38. The first-order chi connectivity index (χ1) is 6.45. The molecule has 0 bridgehead atoms. The van der Waals surface area contributed by atoms with Gasteiger partial charge in [0, 0.05) is 2.74 Å². The Morgan fingerprint density at radius 2 is 2.36 bits per heavy atom. The molecule has 11 heavy (non-hydrogen) atoms. The Bertz CT molecular complexity index is 360. The molecule has 1 nitrogen and oxygen atoms in total. The third-order valence-electron chi connectivity index (χ3n) is 1.96. The lowest BCUT2D eigenvalue weighted by Crippen LogP contribution is -2.08. The van der Waals surface area contributed by atoms with Gasteiger partial charge in [0.2, 0.25) is 0 Å². The molecular formula is C10H12O. The molecule has 0 fully saturated rings. The summed E-state index contributed by atoms with van der Waals surface area (Å²) < 4.78 is 22.9. The number of aryl methyl sites for hydroxylation is 1. The summed E-state index contributed by atoms with van der Waals surface area (Å²) in [5.41, 5.74) is 1.27. The average Bonchev–Trinajstić information content (AvgIpc) is 2.13. The minimum absolute atomic E-state index is 0.198. The van der Waals surface area contributed by atoms with Crippen LogP contribution in [-0.4, -0.2) is 5.11 Å². The Balaban J connectivity index is 2.57. The molecule has 1 aromatic rings. The summed E-state index contributed by atoms with van der Waals surface area (Å²) >= 11 is 0. The highest BCUT2D eigenvalue weighted by Crippen LogP contribution is 2.28. The van der Waals surface area contributed by atoms with Crippen LogP contribution in [0.4, 0.5) is 0 Å². The highest BCUT2D eigenvalue weighted by molar-refractivity contribution is 5.30. The molecule has 0 saturated carbocycles. The van der Waals surface area contributed by atoms with Crippen molar-refractivity contribution < 1.29 is 9.22 Å². The monoisotopic (exact) mass is 151 g/mol. The van der Waals surface area contributed by atoms with Crippen LogP contribution < -0.4 is 0 Å². The number of aliphatic hydroxyl groups is 1. The molecular weight excluding hydrogens is 136 g/mol. The number of fused-ring (bicyclic) bond motifs is 1. The third-order valence-corrected chi connectivity index (χ3v) is 1.96. The quantitative estimate of drug-likeness (QED) is 0.601. The molecule has 0 heterocycles. The molecule has 58 valence electrons. The standard InChI is InChI=1S/C10H12O/c11-10-7-3-5-8-4-1-2-6-9(8)10/h1-2,4,6,10-11H,3,5,7H2/i7D2,10D. The summed E-state index contributed by atoms with van der Waals surface area (Å²) in [6, 6.07) is 7.03. The van der Waals surface area contributed by atoms with Gasteiger partial charge in [0.25, 0.3) is 0 Å². The van der Waals surface area contributed by atoms with Gasteiger partial charge >= 0.3 is 0 Å². The van der Waals surface area contributed by atoms with Crippen molar-refractivity contribution in [1.29, 1.82) is 0 Å². The van der Waals surface area contributed by atoms with Gasteiger partial charge in [-0.1, -0.05) is 24.3 Å². The van der Waals surface area contributed by atoms with Crippen LogP contribution in [0.1, 0.15) is 34.1 Å². The van der Waals surface area contributed by atoms with Crippen molar-refractivity contribution in [1.82, 2.24) is 0 Å². The zero-order chi connectivity index (χ0) is 10.4. The summed E-state index contributed by atoms with van der Waals surface area (Å²) in [5, 5.41) is 9.85. The minimum atomic E-state index is -2.11. The maximum atomic E-state index is 9.85. The molecule has 0 spiro atoms. The Morgan fingerprint density at radius 3 is 3.27 bits per heavy atom. The van der Waals surface area contributed by atoms with Crippen LogP contribution in [0, 0.1) is 0 Å². The summed E-state index contributed by atoms with van der Waals surface area (Å²) in [4.78, 5) is 0. The third kappa shape index (κ3) is 1.16. The molecule has 1 atom stereocenters. The van der Waals surface area contributed by atoms with Crippen LogP contribution in [0.2, 0.25) is 0 Å². The maximum Gasteiger partial charge on any atom is 0.0792 e. The van der Waals surface area contributed by atoms with Crippen LogP contribution in [0.15, 0.2) is 24.3 Å². The molecule has 0 radical (unpaired) electrons. The Labute approximate surface area is 70.9 Å². The number of benzene rings is 1. The van der Waals surface area contributed by atoms with Gasteiger partial charge in [0.15, 0.2) is 0 Å². The van der Waals surface area contributed by atoms with Gasteiger partial charge in [-0.3, -0.25) is 0 Å². The van der Waals surface area contributed by atoms with Gasteiger partial charge in [-0.2, -0.15) is 0 Å². The van der Waals surface area contributed by atoms with E-state index in [0.29, 0.717) is 12.0 Å². The highest BCUT2D eigenvalue weighted by atomic mass is 16.3. The lowest BCUT2D eigenvalue weighted by Gasteiger charge is -2.20. The van der Waals surface area contributed by atoms with Gasteiger partial charge in [-0.25, -0.2) is 0 Å². The van der Waals surface area contributed by atoms with E-state index < -0.39 is 12.5 Å². The topological polar surface area (TPSA) is 20.2 Å². The smallest absolute Gasteiger partial charge is 0.0792 e. The zero-order valence-corrected chi connectivity index (χ0v) is 6.17. The fourth-order valence-corrected chi connectivity index (χ4v) is 1.38. The lowest BCUT2D eigenvalue weighted by atomic mass is 9.90. The van der Waals surface area contributed by atoms with Gasteiger partial charge in [-0.05, 0) is 30.3 Å². The van der Waals surface area contributed by atoms with E-state index >= 15 is 0 Å². The minimum Gasteiger partial charge on any atom is -0.388 e. The molecule has 0 aliphatic heterocycles. The van der Waals surface area contributed by atoms with E-state index in [1.165, 1.54) is 0 Å². The van der Waals surface area contributed by atoms with Gasteiger partial charge in [0.05, 0.1) is 7.45 Å². The number of hydrogen-bond acceptors (Lipinski definition) is 1. The average molecular weight is 151 g/mol. The van der Waals surface area contributed by atoms with E-state index in [1.807, 2.05) is 12.1 Å². The zero-order valence-electron chi connectivity index (χ0n) is 9.17. The second-order valence-corrected chi connectivity index (χ2v) is 2.68. The molecule has 1 unspecified atom stereocenters. The van der Waals surface area contributed by atoms with Crippen molar-refractivity contribution in [2.75, 3.05) is 0 Å². The molecule has 1 aliphatic rings. The first kappa shape index (κ1) is 4.27. The molecule has 1 aromatic carbocycles. The van der Waals surface area contributed by atoms with Crippen molar-refractivity contribution in [3.63, 3.8) is 0 Å². The second-order valence-electron chi connectivity index (χ2n) is 2.68. The summed E-state index contributed by atoms with van der Waals surface area (Å²) in [5.74, 6) is 0. The van der Waals surface area contributed by atoms with E-state index in [1.54, 1.807) is 12.1 Å². The lowest BCUT2D eigenvalue weighted by molar-refractivity contribution is 0.156. The second kappa shape index (κ2) is 2.67. The number of hydrogen-bond donors (Lipinski definition) is 1. The van der Waals surface area contributed by atoms with Crippen LogP contribution in [0.25, 0.3) is 0 Å². The van der Waals surface area contributed by atoms with Crippen molar-refractivity contribution in [3.05, 3.63) is 35.4 Å². The summed E-state index contributed by atoms with van der Waals surface area (Å²) in [6.07, 6.45) is -3.18. The van der Waals surface area contributed by atoms with Crippen molar-refractivity contribution in [3.8, 4) is 0 Å². The molecule has 1 aliphatic carbocycles. The van der Waals surface area contributed by atoms with E-state index in [0.717, 1.165) is 5.56 Å². The maximum absolute atomic E-state index is 9.85. The molecule has 1 heteroatoms. The first-order valence-corrected chi connectivity index (χ1v) is 3.76. The van der Waals surface area contributed by atoms with Crippen molar-refractivity contribution in [2.24, 2.45) is 0 Å². The van der Waals surface area contributed by atoms with E-state index in [4.69, 9.17) is 4.11 Å². The molecule has 0 aromatic heterocycles. The van der Waals surface area contributed by atoms with Gasteiger partial charge < -0.3 is 5.11 Å². The first-order valence-electron chi connectivity index (χ1n) is 5.26. The van der Waals surface area contributed by atoms with E-state index in [2.05, 4.69) is 0 Å². The predicted molar refractivity (Wildman–Crippen MR) is 44.3 cm³/mol. The van der Waals surface area contributed by atoms with Crippen LogP contribution in [0.3, 0.4) is 0 Å². The van der Waals surface area contributed by atoms with Gasteiger partial charge in [0.1, 0.15) is 0 Å². The Kier molecular flexibility index (Phi) is 1.03. The Morgan fingerprint density at radius 1 is 1.55 bits per heavy atom. The molecule has 0 saturated heterocycles. The molecule has 0 amide bonds. The Hall–Kier alpha value is -0.820. The largest absolute Gasteiger partial charge is 0.388 e. The van der Waals surface area contributed by atoms with Crippen LogP contribution in [-0.2, 0) is 6.42 Å². The van der Waals surface area contributed by atoms with E-state index in [-0.39, 0.29) is 6.42 Å². The predicted octanol–water partition coefficient (Wildman–Crippen LogP) is 2.06. The SMILES string of the molecule is [2H]C1([2H])CCc2ccccc2C1([2H])O. The van der Waals surface area contributed by atoms with Crippen LogP contribution >= 0.6 is 0 Å². The summed E-state index contributed by atoms with van der Waals surface area (Å²) in [7, 11) is 0. The fraction of sp³-hybridized carbons (Fsp3) is 0.400. The highest BCUT2D eigenvalue weighted by Gasteiger charge is 2.15. The summed E-state index contributed by atoms with van der Waals surface area (Å²) in [6.45, 7) is 0. The normalized spacial score (nSPS) is 38.1. The van der Waals surface area contributed by atoms with E-state index in [9.17, 15) is 5.11 Å².